The van der Waals surface area contributed by atoms with Crippen molar-refractivity contribution in [3.63, 3.8) is 0 Å². The van der Waals surface area contributed by atoms with Crippen molar-refractivity contribution in [3.05, 3.63) is 54.0 Å². The van der Waals surface area contributed by atoms with Crippen LogP contribution >= 0.6 is 0 Å². The normalized spacial score (nSPS) is 17.3. The third-order valence-corrected chi connectivity index (χ3v) is 4.85. The molecular formula is C19H16BF3N2O3. The second-order valence-electron chi connectivity index (χ2n) is 6.63. The molecule has 4 rings (SSSR count). The Balaban J connectivity index is 1.83. The Bertz CT molecular complexity index is 1030. The van der Waals surface area contributed by atoms with Crippen LogP contribution in [0.15, 0.2) is 42.7 Å². The summed E-state index contributed by atoms with van der Waals surface area (Å²) in [7, 11) is 0.602. The molecule has 1 aromatic carbocycles. The number of halogens is 3. The standard InChI is InChI=1S/C19H16BF3N2O3/c1-27-16-4-2-14(15-3-5-17(19(21,22)23)25-18(15)16)12-6-11(8-24-9-12)13-7-20(26)28-10-13/h2-6,8-9,13,26H,7,10H2,1H3. The summed E-state index contributed by atoms with van der Waals surface area (Å²) in [4.78, 5) is 8.06. The molecule has 1 N–H and O–H groups in total. The number of alkyl halides is 3. The lowest BCUT2D eigenvalue weighted by Crippen LogP contribution is -2.08. The Hall–Kier alpha value is -2.65. The zero-order valence-electron chi connectivity index (χ0n) is 14.9. The summed E-state index contributed by atoms with van der Waals surface area (Å²) in [5, 5.41) is 10.1. The van der Waals surface area contributed by atoms with Crippen LogP contribution in [0.5, 0.6) is 5.75 Å². The molecule has 1 atom stereocenters. The van der Waals surface area contributed by atoms with Gasteiger partial charge in [-0.1, -0.05) is 0 Å². The molecule has 1 unspecified atom stereocenters. The van der Waals surface area contributed by atoms with Gasteiger partial charge in [-0.3, -0.25) is 4.98 Å². The second-order valence-corrected chi connectivity index (χ2v) is 6.63. The van der Waals surface area contributed by atoms with Crippen LogP contribution in [0, 0.1) is 0 Å². The fourth-order valence-electron chi connectivity index (χ4n) is 3.43. The van der Waals surface area contributed by atoms with Gasteiger partial charge in [-0.15, -0.1) is 0 Å². The van der Waals surface area contributed by atoms with Gasteiger partial charge in [0.2, 0.25) is 0 Å². The molecule has 5 nitrogen and oxygen atoms in total. The van der Waals surface area contributed by atoms with Crippen molar-refractivity contribution in [1.29, 1.82) is 0 Å². The largest absolute Gasteiger partial charge is 0.494 e. The van der Waals surface area contributed by atoms with E-state index in [0.717, 1.165) is 17.2 Å². The zero-order valence-corrected chi connectivity index (χ0v) is 14.9. The number of pyridine rings is 2. The van der Waals surface area contributed by atoms with Gasteiger partial charge in [0.05, 0.1) is 7.11 Å². The fourth-order valence-corrected chi connectivity index (χ4v) is 3.43. The summed E-state index contributed by atoms with van der Waals surface area (Å²) < 4.78 is 49.7. The second kappa shape index (κ2) is 7.07. The Morgan fingerprint density at radius 3 is 2.71 bits per heavy atom. The van der Waals surface area contributed by atoms with Crippen LogP contribution in [0.2, 0.25) is 6.32 Å². The van der Waals surface area contributed by atoms with E-state index in [4.69, 9.17) is 9.39 Å². The van der Waals surface area contributed by atoms with Crippen LogP contribution in [-0.4, -0.2) is 35.8 Å². The van der Waals surface area contributed by atoms with Gasteiger partial charge in [-0.05, 0) is 47.8 Å². The summed E-state index contributed by atoms with van der Waals surface area (Å²) >= 11 is 0. The van der Waals surface area contributed by atoms with Crippen molar-refractivity contribution in [3.8, 4) is 16.9 Å². The van der Waals surface area contributed by atoms with Crippen LogP contribution in [-0.2, 0) is 10.8 Å². The predicted octanol–water partition coefficient (Wildman–Crippen LogP) is 3.92. The Kier molecular flexibility index (Phi) is 4.72. The highest BCUT2D eigenvalue weighted by atomic mass is 19.4. The van der Waals surface area contributed by atoms with E-state index in [9.17, 15) is 18.2 Å². The molecule has 1 saturated heterocycles. The molecule has 0 aliphatic carbocycles. The monoisotopic (exact) mass is 388 g/mol. The quantitative estimate of drug-likeness (QED) is 0.690. The van der Waals surface area contributed by atoms with Crippen LogP contribution in [0.25, 0.3) is 22.0 Å². The maximum absolute atomic E-state index is 13.1. The highest BCUT2D eigenvalue weighted by molar-refractivity contribution is 6.43. The first-order valence-corrected chi connectivity index (χ1v) is 8.66. The minimum atomic E-state index is -4.54. The molecule has 3 heterocycles. The first-order chi connectivity index (χ1) is 13.4. The van der Waals surface area contributed by atoms with E-state index in [2.05, 4.69) is 9.97 Å². The number of hydrogen-bond acceptors (Lipinski definition) is 5. The van der Waals surface area contributed by atoms with Crippen molar-refractivity contribution in [1.82, 2.24) is 9.97 Å². The van der Waals surface area contributed by atoms with Crippen molar-refractivity contribution >= 4 is 18.0 Å². The van der Waals surface area contributed by atoms with Gasteiger partial charge in [-0.2, -0.15) is 13.2 Å². The molecule has 28 heavy (non-hydrogen) atoms. The highest BCUT2D eigenvalue weighted by Crippen LogP contribution is 2.37. The van der Waals surface area contributed by atoms with E-state index >= 15 is 0 Å². The molecule has 2 aromatic heterocycles. The topological polar surface area (TPSA) is 64.5 Å². The average Bonchev–Trinajstić information content (AvgIpc) is 3.12. The maximum Gasteiger partial charge on any atom is 0.454 e. The van der Waals surface area contributed by atoms with E-state index in [1.807, 2.05) is 6.07 Å². The number of methoxy groups -OCH3 is 1. The summed E-state index contributed by atoms with van der Waals surface area (Å²) in [5.74, 6) is 0.281. The first-order valence-electron chi connectivity index (χ1n) is 8.66. The molecule has 1 fully saturated rings. The molecule has 0 amide bonds. The van der Waals surface area contributed by atoms with Crippen LogP contribution in [0.4, 0.5) is 13.2 Å². The van der Waals surface area contributed by atoms with Crippen molar-refractivity contribution in [2.24, 2.45) is 0 Å². The molecule has 0 bridgehead atoms. The number of benzene rings is 1. The summed E-state index contributed by atoms with van der Waals surface area (Å²) in [5.41, 5.74) is 1.51. The smallest absolute Gasteiger partial charge is 0.454 e. The van der Waals surface area contributed by atoms with Crippen LogP contribution in [0.3, 0.4) is 0 Å². The molecule has 1 aliphatic rings. The highest BCUT2D eigenvalue weighted by Gasteiger charge is 2.33. The van der Waals surface area contributed by atoms with Crippen LogP contribution in [0.1, 0.15) is 17.2 Å². The van der Waals surface area contributed by atoms with Crippen LogP contribution < -0.4 is 4.74 Å². The van der Waals surface area contributed by atoms with Gasteiger partial charge >= 0.3 is 13.3 Å². The lowest BCUT2D eigenvalue weighted by atomic mass is 9.79. The zero-order chi connectivity index (χ0) is 19.9. The maximum atomic E-state index is 13.1. The Morgan fingerprint density at radius 1 is 1.21 bits per heavy atom. The number of nitrogens with zero attached hydrogens (tertiary/aromatic N) is 2. The summed E-state index contributed by atoms with van der Waals surface area (Å²) in [6, 6.07) is 7.65. The van der Waals surface area contributed by atoms with Gasteiger partial charge < -0.3 is 14.4 Å². The Labute approximate surface area is 159 Å². The third kappa shape index (κ3) is 3.43. The number of hydrogen-bond donors (Lipinski definition) is 1. The minimum absolute atomic E-state index is 0.0157. The lowest BCUT2D eigenvalue weighted by Gasteiger charge is -2.14. The van der Waals surface area contributed by atoms with E-state index in [-0.39, 0.29) is 17.2 Å². The fraction of sp³-hybridized carbons (Fsp3) is 0.263. The minimum Gasteiger partial charge on any atom is -0.494 e. The molecule has 0 saturated carbocycles. The van der Waals surface area contributed by atoms with Gasteiger partial charge in [0.1, 0.15) is 17.0 Å². The van der Waals surface area contributed by atoms with E-state index in [1.54, 1.807) is 24.5 Å². The predicted molar refractivity (Wildman–Crippen MR) is 98.0 cm³/mol. The van der Waals surface area contributed by atoms with E-state index in [1.165, 1.54) is 13.2 Å². The van der Waals surface area contributed by atoms with Gasteiger partial charge in [-0.25, -0.2) is 4.98 Å². The first kappa shape index (κ1) is 18.7. The molecule has 9 heteroatoms. The van der Waals surface area contributed by atoms with Gasteiger partial charge in [0.15, 0.2) is 0 Å². The Morgan fingerprint density at radius 2 is 2.04 bits per heavy atom. The van der Waals surface area contributed by atoms with E-state index < -0.39 is 19.0 Å². The molecule has 3 aromatic rings. The molecule has 0 spiro atoms. The van der Waals surface area contributed by atoms with Crippen molar-refractivity contribution in [2.45, 2.75) is 18.4 Å². The lowest BCUT2D eigenvalue weighted by molar-refractivity contribution is -0.140. The SMILES string of the molecule is COc1ccc(-c2cncc(C3COB(O)C3)c2)c2ccc(C(F)(F)F)nc12. The van der Waals surface area contributed by atoms with Crippen molar-refractivity contribution in [2.75, 3.05) is 13.7 Å². The molecule has 144 valence electrons. The number of aromatic nitrogens is 2. The average molecular weight is 388 g/mol. The van der Waals surface area contributed by atoms with Gasteiger partial charge in [0, 0.05) is 35.9 Å². The number of fused-ring (bicyclic) bond motifs is 1. The van der Waals surface area contributed by atoms with Crippen molar-refractivity contribution < 1.29 is 27.6 Å². The van der Waals surface area contributed by atoms with E-state index in [0.29, 0.717) is 23.9 Å². The molecule has 0 radical (unpaired) electrons. The third-order valence-electron chi connectivity index (χ3n) is 4.85. The molecule has 1 aliphatic heterocycles. The van der Waals surface area contributed by atoms with Gasteiger partial charge in [0.25, 0.3) is 0 Å². The number of rotatable bonds is 3. The molecular weight excluding hydrogens is 372 g/mol. The number of ether oxygens (including phenoxy) is 1. The summed E-state index contributed by atoms with van der Waals surface area (Å²) in [6.45, 7) is 0.395. The summed E-state index contributed by atoms with van der Waals surface area (Å²) in [6.07, 6.45) is -0.707.